The Morgan fingerprint density at radius 3 is 2.46 bits per heavy atom. The van der Waals surface area contributed by atoms with Crippen LogP contribution in [0, 0.1) is 12.8 Å². The summed E-state index contributed by atoms with van der Waals surface area (Å²) < 4.78 is 0. The topological polar surface area (TPSA) is 64.1 Å². The van der Waals surface area contributed by atoms with E-state index < -0.39 is 12.0 Å². The summed E-state index contributed by atoms with van der Waals surface area (Å²) in [7, 11) is 0. The molecule has 2 heterocycles. The van der Waals surface area contributed by atoms with Gasteiger partial charge in [0.15, 0.2) is 0 Å². The Bertz CT molecular complexity index is 1220. The standard InChI is InChI=1S/C33H45N3O3/c1-22-8-6-11-27(16-22)28-20-35(33(3,4)5)21-29(28)31(37)36-15-14-34(19-23(36)2)30(32(38)39)18-24-12-13-25-9-7-10-26(25)17-24/h6,8,11-13,16-17,23,28-30H,7,9-10,14-15,18-21H2,1-5H3,(H,38,39)/t23-,28?,29?,30-/m0/s1. The first-order valence-electron chi connectivity index (χ1n) is 14.7. The van der Waals surface area contributed by atoms with E-state index in [0.717, 1.165) is 31.5 Å². The van der Waals surface area contributed by atoms with E-state index in [9.17, 15) is 14.7 Å². The number of rotatable bonds is 6. The molecular formula is C33H45N3O3. The minimum absolute atomic E-state index is 0.00627. The van der Waals surface area contributed by atoms with Gasteiger partial charge >= 0.3 is 5.97 Å². The number of carbonyl (C=O) groups excluding carboxylic acids is 1. The van der Waals surface area contributed by atoms with Crippen LogP contribution in [0.25, 0.3) is 0 Å². The third kappa shape index (κ3) is 5.92. The summed E-state index contributed by atoms with van der Waals surface area (Å²) in [6.07, 6.45) is 3.91. The van der Waals surface area contributed by atoms with Gasteiger partial charge in [-0.3, -0.25) is 19.4 Å². The fourth-order valence-electron chi connectivity index (χ4n) is 7.00. The molecule has 1 N–H and O–H groups in total. The van der Waals surface area contributed by atoms with Crippen LogP contribution in [0.1, 0.15) is 67.9 Å². The zero-order valence-electron chi connectivity index (χ0n) is 24.3. The van der Waals surface area contributed by atoms with Crippen molar-refractivity contribution in [2.24, 2.45) is 5.92 Å². The van der Waals surface area contributed by atoms with Crippen LogP contribution in [-0.4, -0.2) is 82.0 Å². The molecule has 2 unspecified atom stereocenters. The minimum Gasteiger partial charge on any atom is -0.480 e. The predicted octanol–water partition coefficient (Wildman–Crippen LogP) is 4.53. The molecule has 2 aromatic carbocycles. The van der Waals surface area contributed by atoms with Gasteiger partial charge in [0.1, 0.15) is 6.04 Å². The van der Waals surface area contributed by atoms with E-state index in [1.54, 1.807) is 0 Å². The number of hydrogen-bond donors (Lipinski definition) is 1. The maximum absolute atomic E-state index is 14.1. The first-order valence-corrected chi connectivity index (χ1v) is 14.7. The molecule has 0 radical (unpaired) electrons. The lowest BCUT2D eigenvalue weighted by atomic mass is 9.86. The number of carboxylic acid groups (broad SMARTS) is 1. The Balaban J connectivity index is 1.30. The van der Waals surface area contributed by atoms with Gasteiger partial charge in [-0.2, -0.15) is 0 Å². The van der Waals surface area contributed by atoms with E-state index >= 15 is 0 Å². The van der Waals surface area contributed by atoms with Crippen LogP contribution >= 0.6 is 0 Å². The lowest BCUT2D eigenvalue weighted by Gasteiger charge is -2.43. The van der Waals surface area contributed by atoms with Gasteiger partial charge in [0.05, 0.1) is 5.92 Å². The summed E-state index contributed by atoms with van der Waals surface area (Å²) in [4.78, 5) is 33.1. The zero-order chi connectivity index (χ0) is 27.9. The van der Waals surface area contributed by atoms with Gasteiger partial charge in [0, 0.05) is 50.2 Å². The summed E-state index contributed by atoms with van der Waals surface area (Å²) in [5, 5.41) is 10.2. The van der Waals surface area contributed by atoms with E-state index in [-0.39, 0.29) is 29.3 Å². The van der Waals surface area contributed by atoms with Crippen molar-refractivity contribution in [2.45, 2.75) is 83.8 Å². The molecule has 0 bridgehead atoms. The van der Waals surface area contributed by atoms with Crippen LogP contribution in [0.3, 0.4) is 0 Å². The van der Waals surface area contributed by atoms with Gasteiger partial charge in [-0.05, 0) is 82.6 Å². The van der Waals surface area contributed by atoms with Crippen LogP contribution in [0.2, 0.25) is 0 Å². The smallest absolute Gasteiger partial charge is 0.321 e. The fourth-order valence-corrected chi connectivity index (χ4v) is 7.00. The molecule has 5 rings (SSSR count). The van der Waals surface area contributed by atoms with E-state index in [1.807, 2.05) is 4.90 Å². The average molecular weight is 532 g/mol. The van der Waals surface area contributed by atoms with Crippen LogP contribution in [0.5, 0.6) is 0 Å². The maximum Gasteiger partial charge on any atom is 0.321 e. The largest absolute Gasteiger partial charge is 0.480 e. The van der Waals surface area contributed by atoms with Crippen LogP contribution in [0.4, 0.5) is 0 Å². The summed E-state index contributed by atoms with van der Waals surface area (Å²) in [6.45, 7) is 14.2. The monoisotopic (exact) mass is 531 g/mol. The number of carboxylic acids is 1. The van der Waals surface area contributed by atoms with Crippen LogP contribution in [0.15, 0.2) is 42.5 Å². The number of piperazine rings is 1. The molecule has 4 atom stereocenters. The summed E-state index contributed by atoms with van der Waals surface area (Å²) in [5.41, 5.74) is 6.35. The number of nitrogens with zero attached hydrogens (tertiary/aromatic N) is 3. The van der Waals surface area contributed by atoms with Gasteiger partial charge in [0.2, 0.25) is 5.91 Å². The number of carbonyl (C=O) groups is 2. The van der Waals surface area contributed by atoms with Crippen molar-refractivity contribution < 1.29 is 14.7 Å². The van der Waals surface area contributed by atoms with E-state index in [0.29, 0.717) is 26.1 Å². The molecular weight excluding hydrogens is 486 g/mol. The van der Waals surface area contributed by atoms with Gasteiger partial charge < -0.3 is 10.0 Å². The number of fused-ring (bicyclic) bond motifs is 1. The molecule has 1 aliphatic carbocycles. The Kier molecular flexibility index (Phi) is 7.89. The van der Waals surface area contributed by atoms with Crippen molar-refractivity contribution in [3.63, 3.8) is 0 Å². The second kappa shape index (κ2) is 11.1. The first kappa shape index (κ1) is 27.9. The number of amides is 1. The summed E-state index contributed by atoms with van der Waals surface area (Å²) in [6, 6.07) is 14.5. The zero-order valence-corrected chi connectivity index (χ0v) is 24.3. The first-order chi connectivity index (χ1) is 18.5. The number of aliphatic carboxylic acids is 1. The van der Waals surface area contributed by atoms with Gasteiger partial charge in [-0.1, -0.05) is 48.0 Å². The highest BCUT2D eigenvalue weighted by atomic mass is 16.4. The van der Waals surface area contributed by atoms with Gasteiger partial charge in [0.25, 0.3) is 0 Å². The average Bonchev–Trinajstić information content (AvgIpc) is 3.54. The molecule has 3 aliphatic rings. The third-order valence-corrected chi connectivity index (χ3v) is 9.32. The molecule has 39 heavy (non-hydrogen) atoms. The van der Waals surface area contributed by atoms with E-state index in [4.69, 9.17) is 0 Å². The fraction of sp³-hybridized carbons (Fsp3) is 0.576. The normalized spacial score (nSPS) is 25.1. The molecule has 6 nitrogen and oxygen atoms in total. The number of likely N-dealkylation sites (tertiary alicyclic amines) is 1. The molecule has 2 saturated heterocycles. The SMILES string of the molecule is Cc1cccc(C2CN(C(C)(C)C)CC2C(=O)N2CCN([C@@H](Cc3ccc4c(c3)CCC4)C(=O)O)C[C@@H]2C)c1. The number of hydrogen-bond acceptors (Lipinski definition) is 4. The Morgan fingerprint density at radius 1 is 1.00 bits per heavy atom. The highest BCUT2D eigenvalue weighted by Crippen LogP contribution is 2.38. The lowest BCUT2D eigenvalue weighted by molar-refractivity contribution is -0.147. The summed E-state index contributed by atoms with van der Waals surface area (Å²) >= 11 is 0. The molecule has 1 amide bonds. The quantitative estimate of drug-likeness (QED) is 0.594. The second-order valence-corrected chi connectivity index (χ2v) is 13.1. The lowest BCUT2D eigenvalue weighted by Crippen LogP contribution is -2.59. The van der Waals surface area contributed by atoms with E-state index in [1.165, 1.54) is 28.7 Å². The maximum atomic E-state index is 14.1. The van der Waals surface area contributed by atoms with Crippen molar-refractivity contribution >= 4 is 11.9 Å². The summed E-state index contributed by atoms with van der Waals surface area (Å²) in [5.74, 6) is -0.500. The second-order valence-electron chi connectivity index (χ2n) is 13.1. The predicted molar refractivity (Wildman–Crippen MR) is 155 cm³/mol. The van der Waals surface area contributed by atoms with Gasteiger partial charge in [-0.15, -0.1) is 0 Å². The number of benzene rings is 2. The molecule has 6 heteroatoms. The van der Waals surface area contributed by atoms with E-state index in [2.05, 4.69) is 86.9 Å². The molecule has 0 spiro atoms. The molecule has 0 aromatic heterocycles. The number of aryl methyl sites for hydroxylation is 3. The highest BCUT2D eigenvalue weighted by Gasteiger charge is 2.45. The Hall–Kier alpha value is -2.70. The molecule has 0 saturated carbocycles. The van der Waals surface area contributed by atoms with Crippen molar-refractivity contribution in [1.29, 1.82) is 0 Å². The van der Waals surface area contributed by atoms with Crippen molar-refractivity contribution in [3.8, 4) is 0 Å². The van der Waals surface area contributed by atoms with Crippen LogP contribution in [-0.2, 0) is 28.9 Å². The van der Waals surface area contributed by atoms with Crippen LogP contribution < -0.4 is 0 Å². The van der Waals surface area contributed by atoms with Crippen molar-refractivity contribution in [3.05, 3.63) is 70.3 Å². The Labute approximate surface area is 234 Å². The third-order valence-electron chi connectivity index (χ3n) is 9.32. The van der Waals surface area contributed by atoms with Crippen molar-refractivity contribution in [1.82, 2.24) is 14.7 Å². The van der Waals surface area contributed by atoms with Gasteiger partial charge in [-0.25, -0.2) is 0 Å². The minimum atomic E-state index is -0.779. The Morgan fingerprint density at radius 2 is 1.77 bits per heavy atom. The molecule has 210 valence electrons. The molecule has 2 fully saturated rings. The molecule has 2 aliphatic heterocycles. The highest BCUT2D eigenvalue weighted by molar-refractivity contribution is 5.81. The molecule has 2 aromatic rings. The van der Waals surface area contributed by atoms with Crippen molar-refractivity contribution in [2.75, 3.05) is 32.7 Å².